The van der Waals surface area contributed by atoms with Crippen molar-refractivity contribution in [2.45, 2.75) is 84.2 Å². The Morgan fingerprint density at radius 3 is 2.50 bits per heavy atom. The van der Waals surface area contributed by atoms with Crippen molar-refractivity contribution in [3.63, 3.8) is 0 Å². The maximum Gasteiger partial charge on any atom is 0.00951 e. The molecule has 2 heteroatoms. The Morgan fingerprint density at radius 1 is 1.17 bits per heavy atom. The summed E-state index contributed by atoms with van der Waals surface area (Å²) in [5, 5.41) is 3.58. The molecule has 0 bridgehead atoms. The van der Waals surface area contributed by atoms with Gasteiger partial charge in [0.25, 0.3) is 0 Å². The van der Waals surface area contributed by atoms with Gasteiger partial charge in [-0.1, -0.05) is 33.1 Å². The molecule has 0 spiro atoms. The van der Waals surface area contributed by atoms with E-state index in [0.717, 1.165) is 6.04 Å². The van der Waals surface area contributed by atoms with E-state index in [1.165, 1.54) is 71.0 Å². The highest BCUT2D eigenvalue weighted by Crippen LogP contribution is 2.23. The van der Waals surface area contributed by atoms with Crippen LogP contribution in [0.2, 0.25) is 0 Å². The first-order chi connectivity index (χ1) is 8.77. The van der Waals surface area contributed by atoms with Crippen LogP contribution in [0.4, 0.5) is 0 Å². The van der Waals surface area contributed by atoms with Gasteiger partial charge >= 0.3 is 0 Å². The van der Waals surface area contributed by atoms with E-state index in [0.29, 0.717) is 6.04 Å². The Hall–Kier alpha value is -0.0800. The van der Waals surface area contributed by atoms with Gasteiger partial charge in [0, 0.05) is 12.1 Å². The van der Waals surface area contributed by atoms with Crippen LogP contribution in [0.3, 0.4) is 0 Å². The highest BCUT2D eigenvalue weighted by atomic mass is 15.1. The normalized spacial score (nSPS) is 18.7. The minimum Gasteiger partial charge on any atom is -0.314 e. The molecular weight excluding hydrogens is 220 g/mol. The van der Waals surface area contributed by atoms with Gasteiger partial charge in [0.1, 0.15) is 0 Å². The van der Waals surface area contributed by atoms with E-state index in [9.17, 15) is 0 Å². The van der Waals surface area contributed by atoms with Gasteiger partial charge in [-0.15, -0.1) is 0 Å². The largest absolute Gasteiger partial charge is 0.314 e. The van der Waals surface area contributed by atoms with E-state index in [4.69, 9.17) is 0 Å². The summed E-state index contributed by atoms with van der Waals surface area (Å²) in [6.07, 6.45) is 11.1. The van der Waals surface area contributed by atoms with Gasteiger partial charge in [-0.3, -0.25) is 0 Å². The number of hydrogen-bond acceptors (Lipinski definition) is 2. The lowest BCUT2D eigenvalue weighted by Gasteiger charge is -2.27. The molecule has 1 atom stereocenters. The summed E-state index contributed by atoms with van der Waals surface area (Å²) in [6.45, 7) is 10.6. The second-order valence-corrected chi connectivity index (χ2v) is 5.92. The fourth-order valence-electron chi connectivity index (χ4n) is 3.13. The topological polar surface area (TPSA) is 15.3 Å². The Kier molecular flexibility index (Phi) is 8.70. The predicted molar refractivity (Wildman–Crippen MR) is 81.1 cm³/mol. The molecule has 0 aromatic carbocycles. The van der Waals surface area contributed by atoms with Gasteiger partial charge in [-0.2, -0.15) is 0 Å². The monoisotopic (exact) mass is 254 g/mol. The zero-order chi connectivity index (χ0) is 13.2. The Balaban J connectivity index is 2.04. The van der Waals surface area contributed by atoms with Crippen molar-refractivity contribution in [2.75, 3.05) is 19.6 Å². The minimum atomic E-state index is 0.700. The number of unbranched alkanes of at least 4 members (excludes halogenated alkanes) is 1. The molecule has 1 aliphatic carbocycles. The minimum absolute atomic E-state index is 0.700. The molecule has 108 valence electrons. The lowest BCUT2D eigenvalue weighted by Crippen LogP contribution is -2.34. The lowest BCUT2D eigenvalue weighted by molar-refractivity contribution is 0.204. The van der Waals surface area contributed by atoms with E-state index in [1.54, 1.807) is 0 Å². The predicted octanol–water partition coefficient (Wildman–Crippen LogP) is 3.81. The zero-order valence-electron chi connectivity index (χ0n) is 12.9. The van der Waals surface area contributed by atoms with Crippen LogP contribution in [0, 0.1) is 0 Å². The Labute approximate surface area is 115 Å². The number of hydrogen-bond donors (Lipinski definition) is 1. The summed E-state index contributed by atoms with van der Waals surface area (Å²) in [5.41, 5.74) is 0. The first-order valence-corrected chi connectivity index (χ1v) is 8.25. The van der Waals surface area contributed by atoms with Crippen LogP contribution < -0.4 is 5.32 Å². The summed E-state index contributed by atoms with van der Waals surface area (Å²) >= 11 is 0. The maximum atomic E-state index is 3.58. The van der Waals surface area contributed by atoms with Crippen molar-refractivity contribution in [1.29, 1.82) is 0 Å². The van der Waals surface area contributed by atoms with Crippen LogP contribution in [-0.4, -0.2) is 36.6 Å². The molecule has 0 aliphatic heterocycles. The van der Waals surface area contributed by atoms with Gasteiger partial charge in [-0.25, -0.2) is 0 Å². The molecular formula is C16H34N2. The molecule has 0 amide bonds. The highest BCUT2D eigenvalue weighted by Gasteiger charge is 2.20. The van der Waals surface area contributed by atoms with E-state index in [-0.39, 0.29) is 0 Å². The van der Waals surface area contributed by atoms with Gasteiger partial charge < -0.3 is 10.2 Å². The molecule has 1 N–H and O–H groups in total. The fraction of sp³-hybridized carbons (Fsp3) is 1.00. The molecule has 1 saturated carbocycles. The molecule has 0 saturated heterocycles. The molecule has 1 unspecified atom stereocenters. The number of nitrogens with one attached hydrogen (secondary N) is 1. The summed E-state index contributed by atoms with van der Waals surface area (Å²) in [7, 11) is 0. The molecule has 0 radical (unpaired) electrons. The van der Waals surface area contributed by atoms with E-state index < -0.39 is 0 Å². The summed E-state index contributed by atoms with van der Waals surface area (Å²) in [6, 6.07) is 1.61. The third kappa shape index (κ3) is 6.19. The summed E-state index contributed by atoms with van der Waals surface area (Å²) in [4.78, 5) is 2.72. The Morgan fingerprint density at radius 2 is 1.89 bits per heavy atom. The van der Waals surface area contributed by atoms with Crippen molar-refractivity contribution in [3.8, 4) is 0 Å². The van der Waals surface area contributed by atoms with E-state index >= 15 is 0 Å². The lowest BCUT2D eigenvalue weighted by atomic mass is 10.1. The first-order valence-electron chi connectivity index (χ1n) is 8.25. The average molecular weight is 254 g/mol. The van der Waals surface area contributed by atoms with Crippen molar-refractivity contribution < 1.29 is 0 Å². The third-order valence-electron chi connectivity index (χ3n) is 4.32. The zero-order valence-corrected chi connectivity index (χ0v) is 12.9. The first kappa shape index (κ1) is 16.0. The third-order valence-corrected chi connectivity index (χ3v) is 4.32. The molecule has 0 aromatic rings. The molecule has 0 heterocycles. The van der Waals surface area contributed by atoms with Gasteiger partial charge in [-0.05, 0) is 58.7 Å². The Bertz CT molecular complexity index is 188. The van der Waals surface area contributed by atoms with Crippen LogP contribution in [-0.2, 0) is 0 Å². The standard InChI is InChI=1S/C16H34N2/c1-4-13-17-15(3)10-8-9-14-18(5-2)16-11-6-7-12-16/h15-17H,4-14H2,1-3H3. The highest BCUT2D eigenvalue weighted by molar-refractivity contribution is 4.76. The van der Waals surface area contributed by atoms with Crippen LogP contribution >= 0.6 is 0 Å². The number of nitrogens with zero attached hydrogens (tertiary/aromatic N) is 1. The fourth-order valence-corrected chi connectivity index (χ4v) is 3.13. The van der Waals surface area contributed by atoms with Crippen molar-refractivity contribution in [3.05, 3.63) is 0 Å². The SMILES string of the molecule is CCCNC(C)CCCCN(CC)C1CCCC1. The van der Waals surface area contributed by atoms with Gasteiger partial charge in [0.15, 0.2) is 0 Å². The smallest absolute Gasteiger partial charge is 0.00951 e. The van der Waals surface area contributed by atoms with Crippen LogP contribution in [0.5, 0.6) is 0 Å². The summed E-state index contributed by atoms with van der Waals surface area (Å²) in [5.74, 6) is 0. The van der Waals surface area contributed by atoms with Gasteiger partial charge in [0.2, 0.25) is 0 Å². The molecule has 1 aliphatic rings. The second-order valence-electron chi connectivity index (χ2n) is 5.92. The quantitative estimate of drug-likeness (QED) is 0.596. The second kappa shape index (κ2) is 9.80. The van der Waals surface area contributed by atoms with Crippen LogP contribution in [0.1, 0.15) is 72.1 Å². The van der Waals surface area contributed by atoms with E-state index in [2.05, 4.69) is 31.0 Å². The van der Waals surface area contributed by atoms with Crippen molar-refractivity contribution in [1.82, 2.24) is 10.2 Å². The van der Waals surface area contributed by atoms with E-state index in [1.807, 2.05) is 0 Å². The van der Waals surface area contributed by atoms with Crippen molar-refractivity contribution >= 4 is 0 Å². The van der Waals surface area contributed by atoms with Crippen molar-refractivity contribution in [2.24, 2.45) is 0 Å². The van der Waals surface area contributed by atoms with Crippen LogP contribution in [0.15, 0.2) is 0 Å². The average Bonchev–Trinajstić information content (AvgIpc) is 2.90. The molecule has 1 rings (SSSR count). The molecule has 18 heavy (non-hydrogen) atoms. The number of rotatable bonds is 10. The van der Waals surface area contributed by atoms with Gasteiger partial charge in [0.05, 0.1) is 0 Å². The summed E-state index contributed by atoms with van der Waals surface area (Å²) < 4.78 is 0. The molecule has 0 aromatic heterocycles. The maximum absolute atomic E-state index is 3.58. The van der Waals surface area contributed by atoms with Crippen LogP contribution in [0.25, 0.3) is 0 Å². The molecule has 1 fully saturated rings. The molecule has 2 nitrogen and oxygen atoms in total.